The predicted molar refractivity (Wildman–Crippen MR) is 94.6 cm³/mol. The molecule has 0 aliphatic heterocycles. The number of nitrogens with two attached hydrogens (primary N) is 1. The first-order valence-corrected chi connectivity index (χ1v) is 8.36. The third-order valence-corrected chi connectivity index (χ3v) is 3.75. The van der Waals surface area contributed by atoms with Crippen LogP contribution in [0.2, 0.25) is 10.0 Å². The number of amides is 3. The molecule has 8 nitrogen and oxygen atoms in total. The molecule has 0 fully saturated rings. The van der Waals surface area contributed by atoms with Gasteiger partial charge in [-0.25, -0.2) is 9.78 Å². The highest BCUT2D eigenvalue weighted by atomic mass is 35.5. The Hall–Kier alpha value is -2.06. The smallest absolute Gasteiger partial charge is 0.312 e. The van der Waals surface area contributed by atoms with E-state index < -0.39 is 24.5 Å². The quantitative estimate of drug-likeness (QED) is 0.441. The number of ether oxygens (including phenoxy) is 1. The van der Waals surface area contributed by atoms with E-state index in [1.165, 1.54) is 6.07 Å². The average Bonchev–Trinajstić information content (AvgIpc) is 2.53. The third kappa shape index (κ3) is 8.55. The van der Waals surface area contributed by atoms with Crippen molar-refractivity contribution in [2.45, 2.75) is 32.6 Å². The summed E-state index contributed by atoms with van der Waals surface area (Å²) >= 11 is 11.8. The molecule has 0 unspecified atom stereocenters. The number of halogens is 2. The number of urea groups is 1. The lowest BCUT2D eigenvalue weighted by molar-refractivity contribution is -0.147. The van der Waals surface area contributed by atoms with Crippen LogP contribution in [-0.2, 0) is 14.3 Å². The van der Waals surface area contributed by atoms with E-state index >= 15 is 0 Å². The van der Waals surface area contributed by atoms with Gasteiger partial charge in [-0.15, -0.1) is 0 Å². The standard InChI is InChI=1S/C15H20Cl2N4O4/c1-9-10(16)7-11(17)14(20-9)21-12(22)8-25-13(23)5-3-2-4-6-19-15(18)24/h7H,2-6,8H2,1H3,(H3,18,19,24)(H,20,21,22). The van der Waals surface area contributed by atoms with Crippen molar-refractivity contribution in [3.05, 3.63) is 21.8 Å². The first kappa shape index (κ1) is 21.0. The van der Waals surface area contributed by atoms with Gasteiger partial charge in [-0.05, 0) is 25.8 Å². The number of pyridine rings is 1. The molecule has 3 amide bonds. The number of hydrogen-bond acceptors (Lipinski definition) is 5. The Morgan fingerprint density at radius 3 is 2.60 bits per heavy atom. The third-order valence-electron chi connectivity index (χ3n) is 3.08. The van der Waals surface area contributed by atoms with E-state index in [4.69, 9.17) is 33.7 Å². The molecule has 0 bridgehead atoms. The lowest BCUT2D eigenvalue weighted by atomic mass is 10.2. The van der Waals surface area contributed by atoms with Crippen LogP contribution in [0.25, 0.3) is 0 Å². The van der Waals surface area contributed by atoms with Crippen LogP contribution >= 0.6 is 23.2 Å². The molecule has 0 aromatic carbocycles. The normalized spacial score (nSPS) is 10.2. The largest absolute Gasteiger partial charge is 0.456 e. The Morgan fingerprint density at radius 2 is 1.92 bits per heavy atom. The molecule has 25 heavy (non-hydrogen) atoms. The van der Waals surface area contributed by atoms with Gasteiger partial charge < -0.3 is 21.1 Å². The van der Waals surface area contributed by atoms with Crippen LogP contribution in [0, 0.1) is 6.92 Å². The van der Waals surface area contributed by atoms with Crippen molar-refractivity contribution in [1.29, 1.82) is 0 Å². The van der Waals surface area contributed by atoms with E-state index in [-0.39, 0.29) is 17.3 Å². The number of carbonyl (C=O) groups excluding carboxylic acids is 3. The number of hydrogen-bond donors (Lipinski definition) is 3. The summed E-state index contributed by atoms with van der Waals surface area (Å²) in [5.41, 5.74) is 5.44. The second-order valence-corrected chi connectivity index (χ2v) is 6.01. The molecular weight excluding hydrogens is 371 g/mol. The Balaban J connectivity index is 2.24. The SMILES string of the molecule is Cc1nc(NC(=O)COC(=O)CCCCCNC(N)=O)c(Cl)cc1Cl. The molecule has 0 aliphatic rings. The Labute approximate surface area is 155 Å². The number of carbonyl (C=O) groups is 3. The lowest BCUT2D eigenvalue weighted by Crippen LogP contribution is -2.29. The van der Waals surface area contributed by atoms with Crippen LogP contribution in [0.1, 0.15) is 31.4 Å². The Morgan fingerprint density at radius 1 is 1.20 bits per heavy atom. The molecule has 0 saturated heterocycles. The molecule has 0 aliphatic carbocycles. The van der Waals surface area contributed by atoms with Gasteiger partial charge >= 0.3 is 12.0 Å². The van der Waals surface area contributed by atoms with Crippen LogP contribution in [0.15, 0.2) is 6.07 Å². The molecule has 0 spiro atoms. The van der Waals surface area contributed by atoms with Crippen molar-refractivity contribution in [3.8, 4) is 0 Å². The van der Waals surface area contributed by atoms with Gasteiger partial charge in [0.1, 0.15) is 0 Å². The van der Waals surface area contributed by atoms with Crippen molar-refractivity contribution in [2.75, 3.05) is 18.5 Å². The summed E-state index contributed by atoms with van der Waals surface area (Å²) in [7, 11) is 0. The van der Waals surface area contributed by atoms with E-state index in [0.29, 0.717) is 30.1 Å². The maximum absolute atomic E-state index is 11.8. The number of unbranched alkanes of at least 4 members (excludes halogenated alkanes) is 2. The van der Waals surface area contributed by atoms with Gasteiger partial charge in [0.25, 0.3) is 5.91 Å². The number of nitrogens with zero attached hydrogens (tertiary/aromatic N) is 1. The summed E-state index contributed by atoms with van der Waals surface area (Å²) in [5, 5.41) is 5.50. The molecule has 4 N–H and O–H groups in total. The van der Waals surface area contributed by atoms with Crippen LogP contribution in [0.5, 0.6) is 0 Å². The number of aryl methyl sites for hydroxylation is 1. The minimum Gasteiger partial charge on any atom is -0.456 e. The van der Waals surface area contributed by atoms with Gasteiger partial charge in [-0.3, -0.25) is 9.59 Å². The fraction of sp³-hybridized carbons (Fsp3) is 0.467. The molecule has 1 aromatic rings. The summed E-state index contributed by atoms with van der Waals surface area (Å²) < 4.78 is 4.88. The summed E-state index contributed by atoms with van der Waals surface area (Å²) in [4.78, 5) is 37.8. The van der Waals surface area contributed by atoms with Crippen LogP contribution in [0.3, 0.4) is 0 Å². The van der Waals surface area contributed by atoms with E-state index in [2.05, 4.69) is 15.6 Å². The fourth-order valence-electron chi connectivity index (χ4n) is 1.82. The maximum atomic E-state index is 11.8. The van der Waals surface area contributed by atoms with Gasteiger partial charge in [-0.1, -0.05) is 29.6 Å². The lowest BCUT2D eigenvalue weighted by Gasteiger charge is -2.09. The fourth-order valence-corrected chi connectivity index (χ4v) is 2.22. The molecule has 0 atom stereocenters. The van der Waals surface area contributed by atoms with Crippen LogP contribution < -0.4 is 16.4 Å². The highest BCUT2D eigenvalue weighted by Gasteiger charge is 2.12. The molecule has 0 radical (unpaired) electrons. The maximum Gasteiger partial charge on any atom is 0.312 e. The van der Waals surface area contributed by atoms with Crippen molar-refractivity contribution < 1.29 is 19.1 Å². The van der Waals surface area contributed by atoms with E-state index in [1.54, 1.807) is 6.92 Å². The highest BCUT2D eigenvalue weighted by molar-refractivity contribution is 6.36. The number of primary amides is 1. The van der Waals surface area contributed by atoms with Gasteiger partial charge in [0.2, 0.25) is 0 Å². The minimum atomic E-state index is -0.573. The second kappa shape index (κ2) is 10.7. The van der Waals surface area contributed by atoms with Gasteiger partial charge in [-0.2, -0.15) is 0 Å². The number of rotatable bonds is 9. The molecule has 10 heteroatoms. The monoisotopic (exact) mass is 390 g/mol. The van der Waals surface area contributed by atoms with Crippen LogP contribution in [-0.4, -0.2) is 36.0 Å². The molecule has 0 saturated carbocycles. The summed E-state index contributed by atoms with van der Waals surface area (Å²) in [6.07, 6.45) is 2.20. The first-order valence-electron chi connectivity index (χ1n) is 7.61. The zero-order valence-corrected chi connectivity index (χ0v) is 15.2. The zero-order valence-electron chi connectivity index (χ0n) is 13.7. The number of anilines is 1. The van der Waals surface area contributed by atoms with Gasteiger partial charge in [0.15, 0.2) is 12.4 Å². The van der Waals surface area contributed by atoms with E-state index in [1.807, 2.05) is 0 Å². The summed E-state index contributed by atoms with van der Waals surface area (Å²) in [6, 6.07) is 0.899. The molecule has 1 heterocycles. The average molecular weight is 391 g/mol. The molecule has 1 aromatic heterocycles. The van der Waals surface area contributed by atoms with Gasteiger partial charge in [0, 0.05) is 13.0 Å². The Bertz CT molecular complexity index is 640. The van der Waals surface area contributed by atoms with Gasteiger partial charge in [0.05, 0.1) is 15.7 Å². The van der Waals surface area contributed by atoms with E-state index in [9.17, 15) is 14.4 Å². The summed E-state index contributed by atoms with van der Waals surface area (Å²) in [6.45, 7) is 1.70. The zero-order chi connectivity index (χ0) is 18.8. The second-order valence-electron chi connectivity index (χ2n) is 5.20. The first-order chi connectivity index (χ1) is 11.8. The van der Waals surface area contributed by atoms with Crippen LogP contribution in [0.4, 0.5) is 10.6 Å². The summed E-state index contributed by atoms with van der Waals surface area (Å²) in [5.74, 6) is -0.869. The van der Waals surface area contributed by atoms with Crippen molar-refractivity contribution in [2.24, 2.45) is 5.73 Å². The minimum absolute atomic E-state index is 0.159. The number of nitrogens with one attached hydrogen (secondary N) is 2. The van der Waals surface area contributed by atoms with E-state index in [0.717, 1.165) is 6.42 Å². The Kier molecular flexibility index (Phi) is 9.01. The van der Waals surface area contributed by atoms with Crippen molar-refractivity contribution in [3.63, 3.8) is 0 Å². The number of esters is 1. The molecule has 138 valence electrons. The molecule has 1 rings (SSSR count). The predicted octanol–water partition coefficient (Wildman–Crippen LogP) is 2.41. The highest BCUT2D eigenvalue weighted by Crippen LogP contribution is 2.25. The topological polar surface area (TPSA) is 123 Å². The van der Waals surface area contributed by atoms with Crippen molar-refractivity contribution >= 4 is 46.9 Å². The molecular formula is C15H20Cl2N4O4. The number of aromatic nitrogens is 1. The van der Waals surface area contributed by atoms with Crippen molar-refractivity contribution in [1.82, 2.24) is 10.3 Å².